The quantitative estimate of drug-likeness (QED) is 0.302. The lowest BCUT2D eigenvalue weighted by atomic mass is 11.0. The standard InChI is InChI=1S/C2O4Si/c3-1-2(4)7(5)6-1. The summed E-state index contributed by atoms with van der Waals surface area (Å²) in [5.74, 6) is 0. The third-order valence-electron chi connectivity index (χ3n) is 0.556. The molecule has 0 aliphatic heterocycles. The van der Waals surface area contributed by atoms with Gasteiger partial charge in [0.2, 0.25) is 0 Å². The zero-order chi connectivity index (χ0) is 5.44. The zero-order valence-corrected chi connectivity index (χ0v) is 4.13. The maximum Gasteiger partial charge on any atom is 0.598 e. The van der Waals surface area contributed by atoms with Crippen LogP contribution in [-0.4, -0.2) is 8.54 Å². The highest BCUT2D eigenvalue weighted by Crippen LogP contribution is 1.48. The summed E-state index contributed by atoms with van der Waals surface area (Å²) in [6.07, 6.45) is 0. The summed E-state index contributed by atoms with van der Waals surface area (Å²) < 4.78 is 13.6. The van der Waals surface area contributed by atoms with E-state index in [2.05, 4.69) is 4.10 Å². The lowest BCUT2D eigenvalue weighted by Gasteiger charge is -1.71. The third kappa shape index (κ3) is 0.413. The molecule has 1 aromatic heterocycles. The Hall–Kier alpha value is -0.843. The third-order valence-corrected chi connectivity index (χ3v) is 1.50. The van der Waals surface area contributed by atoms with Gasteiger partial charge in [-0.3, -0.25) is 4.79 Å². The lowest BCUT2D eigenvalue weighted by Crippen LogP contribution is -2.36. The Bertz CT molecular complexity index is 260. The van der Waals surface area contributed by atoms with Gasteiger partial charge >= 0.3 is 19.2 Å². The predicted molar refractivity (Wildman–Crippen MR) is 20.1 cm³/mol. The second-order valence-electron chi connectivity index (χ2n) is 1.01. The van der Waals surface area contributed by atoms with Crippen molar-refractivity contribution in [3.8, 4) is 0 Å². The maximum absolute atomic E-state index is 9.83. The Morgan fingerprint density at radius 3 is 2.00 bits per heavy atom. The molecule has 0 aliphatic carbocycles. The van der Waals surface area contributed by atoms with Crippen molar-refractivity contribution in [2.24, 2.45) is 0 Å². The fourth-order valence-electron chi connectivity index (χ4n) is 0.214. The molecule has 0 radical (unpaired) electrons. The van der Waals surface area contributed by atoms with Crippen molar-refractivity contribution in [3.63, 3.8) is 0 Å². The molecule has 0 saturated heterocycles. The maximum atomic E-state index is 9.83. The Morgan fingerprint density at radius 1 is 1.43 bits per heavy atom. The normalized spacial score (nSPS) is 9.71. The van der Waals surface area contributed by atoms with Gasteiger partial charge in [-0.15, -0.1) is 0 Å². The van der Waals surface area contributed by atoms with Crippen LogP contribution in [0.2, 0.25) is 0 Å². The first kappa shape index (κ1) is 4.32. The molecule has 36 valence electrons. The van der Waals surface area contributed by atoms with Crippen LogP contribution in [0, 0.1) is 0 Å². The Kier molecular flexibility index (Phi) is 0.656. The molecule has 1 rings (SSSR count). The van der Waals surface area contributed by atoms with E-state index in [-0.39, 0.29) is 0 Å². The summed E-state index contributed by atoms with van der Waals surface area (Å²) in [7, 11) is -2.56. The zero-order valence-electron chi connectivity index (χ0n) is 3.13. The highest BCUT2D eigenvalue weighted by Gasteiger charge is 2.09. The average Bonchev–Trinajstić information content (AvgIpc) is 1.68. The fourth-order valence-corrected chi connectivity index (χ4v) is 0.642. The Morgan fingerprint density at radius 2 is 2.00 bits per heavy atom. The fraction of sp³-hybridized carbons (Fsp3) is 0. The van der Waals surface area contributed by atoms with Crippen LogP contribution >= 0.6 is 0 Å². The van der Waals surface area contributed by atoms with Gasteiger partial charge in [-0.2, -0.15) is 0 Å². The minimum absolute atomic E-state index is 0.870. The molecule has 1 heterocycles. The molecule has 4 nitrogen and oxygen atoms in total. The van der Waals surface area contributed by atoms with Gasteiger partial charge in [0, 0.05) is 0 Å². The van der Waals surface area contributed by atoms with Gasteiger partial charge in [0.05, 0.1) is 0 Å². The predicted octanol–water partition coefficient (Wildman–Crippen LogP) is -1.62. The molecule has 5 heteroatoms. The SMILES string of the molecule is O=c1o[si](=O)c1=O. The van der Waals surface area contributed by atoms with Gasteiger partial charge in [-0.1, -0.05) is 0 Å². The van der Waals surface area contributed by atoms with Crippen molar-refractivity contribution < 1.29 is 8.56 Å². The monoisotopic (exact) mass is 116 g/mol. The summed E-state index contributed by atoms with van der Waals surface area (Å²) in [6, 6.07) is 0. The van der Waals surface area contributed by atoms with Crippen molar-refractivity contribution in [2.45, 2.75) is 0 Å². The molecule has 0 aromatic carbocycles. The van der Waals surface area contributed by atoms with Gasteiger partial charge in [0.25, 0.3) is 0 Å². The molecule has 7 heavy (non-hydrogen) atoms. The van der Waals surface area contributed by atoms with Crippen molar-refractivity contribution >= 4 is 8.54 Å². The van der Waals surface area contributed by atoms with E-state index in [1.165, 1.54) is 0 Å². The Balaban J connectivity index is 3.77. The molecule has 0 saturated carbocycles. The second-order valence-corrected chi connectivity index (χ2v) is 2.24. The summed E-state index contributed by atoms with van der Waals surface area (Å²) in [4.78, 5) is 19.5. The van der Waals surface area contributed by atoms with Crippen molar-refractivity contribution in [1.29, 1.82) is 0 Å². The number of hydrogen-bond acceptors (Lipinski definition) is 4. The molecule has 0 spiro atoms. The molecular weight excluding hydrogens is 116 g/mol. The van der Waals surface area contributed by atoms with Crippen LogP contribution in [0.1, 0.15) is 0 Å². The largest absolute Gasteiger partial charge is 0.598 e. The minimum Gasteiger partial charge on any atom is -0.448 e. The molecule has 1 aromatic rings. The van der Waals surface area contributed by atoms with Crippen molar-refractivity contribution in [1.82, 2.24) is 0 Å². The van der Waals surface area contributed by atoms with Crippen LogP contribution in [0.4, 0.5) is 0 Å². The van der Waals surface area contributed by atoms with Crippen molar-refractivity contribution in [2.75, 3.05) is 0 Å². The minimum atomic E-state index is -2.56. The van der Waals surface area contributed by atoms with E-state index in [1.807, 2.05) is 0 Å². The average molecular weight is 116 g/mol. The van der Waals surface area contributed by atoms with Gasteiger partial charge in [0.15, 0.2) is 0 Å². The van der Waals surface area contributed by atoms with Gasteiger partial charge in [0.1, 0.15) is 0 Å². The molecule has 0 amide bonds. The first-order chi connectivity index (χ1) is 3.22. The van der Waals surface area contributed by atoms with E-state index < -0.39 is 19.2 Å². The first-order valence-electron chi connectivity index (χ1n) is 1.52. The van der Waals surface area contributed by atoms with Crippen LogP contribution in [0.5, 0.6) is 0 Å². The van der Waals surface area contributed by atoms with E-state index in [9.17, 15) is 14.1 Å². The number of rotatable bonds is 0. The molecule has 0 unspecified atom stereocenters. The topological polar surface area (TPSA) is 64.3 Å². The number of hydrogen-bond donors (Lipinski definition) is 0. The molecule has 0 N–H and O–H groups in total. The highest BCUT2D eigenvalue weighted by molar-refractivity contribution is 6.25. The molecule has 0 fully saturated rings. The molecular formula is C2O4Si. The van der Waals surface area contributed by atoms with E-state index in [0.29, 0.717) is 0 Å². The van der Waals surface area contributed by atoms with Crippen molar-refractivity contribution in [3.05, 3.63) is 20.3 Å². The van der Waals surface area contributed by atoms with Crippen LogP contribution in [0.3, 0.4) is 0 Å². The van der Waals surface area contributed by atoms with Gasteiger partial charge in [-0.05, 0) is 0 Å². The first-order valence-corrected chi connectivity index (χ1v) is 2.84. The molecule has 0 atom stereocenters. The Labute approximate surface area is 38.4 Å². The summed E-state index contributed by atoms with van der Waals surface area (Å²) in [6.45, 7) is 0. The van der Waals surface area contributed by atoms with E-state index in [4.69, 9.17) is 0 Å². The smallest absolute Gasteiger partial charge is 0.448 e. The summed E-state index contributed by atoms with van der Waals surface area (Å²) >= 11 is 0. The van der Waals surface area contributed by atoms with E-state index in [0.717, 1.165) is 0 Å². The second kappa shape index (κ2) is 1.06. The van der Waals surface area contributed by atoms with Gasteiger partial charge in [-0.25, -0.2) is 4.79 Å². The summed E-state index contributed by atoms with van der Waals surface area (Å²) in [5.41, 5.74) is -0.969. The van der Waals surface area contributed by atoms with E-state index in [1.54, 1.807) is 0 Å². The highest BCUT2D eigenvalue weighted by atomic mass is 28.2. The van der Waals surface area contributed by atoms with Gasteiger partial charge < -0.3 is 8.56 Å². The van der Waals surface area contributed by atoms with E-state index >= 15 is 0 Å². The molecule has 0 bridgehead atoms. The van der Waals surface area contributed by atoms with Crippen LogP contribution < -0.4 is 10.7 Å². The lowest BCUT2D eigenvalue weighted by molar-refractivity contribution is 0.469. The van der Waals surface area contributed by atoms with Crippen LogP contribution in [0.15, 0.2) is 13.7 Å². The van der Waals surface area contributed by atoms with Crippen LogP contribution in [-0.2, 0) is 4.46 Å². The van der Waals surface area contributed by atoms with Crippen LogP contribution in [0.25, 0.3) is 0 Å². The molecule has 0 aliphatic rings. The summed E-state index contributed by atoms with van der Waals surface area (Å²) in [5, 5.41) is -0.870.